The maximum Gasteiger partial charge on any atom is 0.338 e. The molecule has 13 heteroatoms. The first-order chi connectivity index (χ1) is 27.9. The number of benzene rings is 6. The van der Waals surface area contributed by atoms with Gasteiger partial charge in [-0.2, -0.15) is 0 Å². The summed E-state index contributed by atoms with van der Waals surface area (Å²) in [6.45, 7) is 0. The van der Waals surface area contributed by atoms with E-state index in [1.54, 1.807) is 30.3 Å². The molecule has 0 saturated carbocycles. The van der Waals surface area contributed by atoms with Gasteiger partial charge in [-0.15, -0.1) is 0 Å². The minimum absolute atomic E-state index is 0.0214. The lowest BCUT2D eigenvalue weighted by atomic mass is 9.91. The molecule has 58 heavy (non-hydrogen) atoms. The Morgan fingerprint density at radius 2 is 1.10 bits per heavy atom. The van der Waals surface area contributed by atoms with Crippen molar-refractivity contribution in [3.63, 3.8) is 0 Å². The molecule has 3 amide bonds. The maximum absolute atomic E-state index is 13.3. The summed E-state index contributed by atoms with van der Waals surface area (Å²) in [7, 11) is 1.34. The Morgan fingerprint density at radius 1 is 0.500 bits per heavy atom. The standard InChI is InChI=1S/C45H31N3O10/c1-46-41(50)35-11-5-9-32(38(35)44(54)55)33-10-6-12-37(39(33)45(56)57)48-40(49)28-16-20-30(21-17-28)58-31-22-18-29(19-23-31)47-42(51)34-24-15-27(25-36(34)43(52)53)14-13-26-7-3-2-4-8-26/h2-12,15-25H,1H3,(H,46,50)(H,47,51)(H,48,49)(H,52,53)(H,54,55)(H,56,57). The van der Waals surface area contributed by atoms with Gasteiger partial charge in [0.15, 0.2) is 0 Å². The fourth-order valence-electron chi connectivity index (χ4n) is 5.91. The zero-order chi connectivity index (χ0) is 41.3. The van der Waals surface area contributed by atoms with Crippen molar-refractivity contribution in [1.29, 1.82) is 0 Å². The molecule has 0 fully saturated rings. The molecule has 0 spiro atoms. The van der Waals surface area contributed by atoms with Gasteiger partial charge in [0.05, 0.1) is 33.5 Å². The molecule has 0 unspecified atom stereocenters. The number of rotatable bonds is 11. The molecule has 0 radical (unpaired) electrons. The predicted octanol–water partition coefficient (Wildman–Crippen LogP) is 7.50. The topological polar surface area (TPSA) is 208 Å². The van der Waals surface area contributed by atoms with E-state index >= 15 is 0 Å². The van der Waals surface area contributed by atoms with Crippen LogP contribution in [0.25, 0.3) is 11.1 Å². The number of carboxylic acid groups (broad SMARTS) is 3. The number of nitrogens with one attached hydrogen (secondary N) is 3. The quantitative estimate of drug-likeness (QED) is 0.0714. The number of aromatic carboxylic acids is 3. The Bertz CT molecular complexity index is 2660. The number of ether oxygens (including phenoxy) is 1. The second kappa shape index (κ2) is 17.3. The van der Waals surface area contributed by atoms with Crippen LogP contribution in [0.1, 0.15) is 73.3 Å². The highest BCUT2D eigenvalue weighted by Gasteiger charge is 2.26. The van der Waals surface area contributed by atoms with Gasteiger partial charge in [0.1, 0.15) is 11.5 Å². The number of carbonyl (C=O) groups excluding carboxylic acids is 3. The van der Waals surface area contributed by atoms with Gasteiger partial charge in [-0.05, 0) is 102 Å². The van der Waals surface area contributed by atoms with Gasteiger partial charge in [-0.1, -0.05) is 54.3 Å². The van der Waals surface area contributed by atoms with Crippen molar-refractivity contribution in [2.45, 2.75) is 0 Å². The zero-order valence-electron chi connectivity index (χ0n) is 30.4. The molecular formula is C45H31N3O10. The van der Waals surface area contributed by atoms with Crippen LogP contribution in [0.2, 0.25) is 0 Å². The molecule has 6 N–H and O–H groups in total. The number of carboxylic acids is 3. The van der Waals surface area contributed by atoms with Crippen LogP contribution in [-0.2, 0) is 0 Å². The molecule has 0 heterocycles. The van der Waals surface area contributed by atoms with Gasteiger partial charge in [-0.3, -0.25) is 14.4 Å². The van der Waals surface area contributed by atoms with Gasteiger partial charge < -0.3 is 36.0 Å². The molecule has 6 rings (SSSR count). The van der Waals surface area contributed by atoms with Crippen molar-refractivity contribution in [2.24, 2.45) is 0 Å². The summed E-state index contributed by atoms with van der Waals surface area (Å²) in [5.41, 5.74) is 0.375. The van der Waals surface area contributed by atoms with Crippen LogP contribution in [0.4, 0.5) is 11.4 Å². The molecular weight excluding hydrogens is 743 g/mol. The third-order valence-corrected chi connectivity index (χ3v) is 8.65. The summed E-state index contributed by atoms with van der Waals surface area (Å²) in [5.74, 6) is 0.480. The van der Waals surface area contributed by atoms with Crippen molar-refractivity contribution in [1.82, 2.24) is 5.32 Å². The fraction of sp³-hybridized carbons (Fsp3) is 0.0222. The predicted molar refractivity (Wildman–Crippen MR) is 214 cm³/mol. The monoisotopic (exact) mass is 773 g/mol. The van der Waals surface area contributed by atoms with Crippen LogP contribution >= 0.6 is 0 Å². The van der Waals surface area contributed by atoms with Crippen LogP contribution < -0.4 is 20.7 Å². The first kappa shape index (κ1) is 39.2. The van der Waals surface area contributed by atoms with Gasteiger partial charge in [0, 0.05) is 29.4 Å². The third-order valence-electron chi connectivity index (χ3n) is 8.65. The van der Waals surface area contributed by atoms with Gasteiger partial charge in [0.2, 0.25) is 0 Å². The molecule has 286 valence electrons. The van der Waals surface area contributed by atoms with Crippen LogP contribution in [-0.4, -0.2) is 58.0 Å². The van der Waals surface area contributed by atoms with E-state index in [1.807, 2.05) is 30.3 Å². The summed E-state index contributed by atoms with van der Waals surface area (Å²) in [5, 5.41) is 37.6. The van der Waals surface area contributed by atoms with Crippen LogP contribution in [0, 0.1) is 11.8 Å². The number of hydrogen-bond acceptors (Lipinski definition) is 7. The first-order valence-corrected chi connectivity index (χ1v) is 17.3. The summed E-state index contributed by atoms with van der Waals surface area (Å²) < 4.78 is 5.89. The van der Waals surface area contributed by atoms with Gasteiger partial charge >= 0.3 is 17.9 Å². The average molecular weight is 774 g/mol. The second-order valence-corrected chi connectivity index (χ2v) is 12.4. The highest BCUT2D eigenvalue weighted by molar-refractivity contribution is 6.14. The van der Waals surface area contributed by atoms with E-state index in [4.69, 9.17) is 4.74 Å². The molecule has 6 aromatic carbocycles. The van der Waals surface area contributed by atoms with Crippen LogP contribution in [0.3, 0.4) is 0 Å². The number of hydrogen-bond donors (Lipinski definition) is 6. The molecule has 0 aromatic heterocycles. The van der Waals surface area contributed by atoms with Crippen molar-refractivity contribution in [3.8, 4) is 34.5 Å². The third kappa shape index (κ3) is 8.89. The fourth-order valence-corrected chi connectivity index (χ4v) is 5.91. The van der Waals surface area contributed by atoms with Gasteiger partial charge in [0.25, 0.3) is 17.7 Å². The van der Waals surface area contributed by atoms with E-state index in [-0.39, 0.29) is 44.6 Å². The van der Waals surface area contributed by atoms with Gasteiger partial charge in [-0.25, -0.2) is 14.4 Å². The van der Waals surface area contributed by atoms with E-state index in [2.05, 4.69) is 27.8 Å². The molecule has 0 saturated heterocycles. The van der Waals surface area contributed by atoms with Crippen LogP contribution in [0.15, 0.2) is 133 Å². The first-order valence-electron chi connectivity index (χ1n) is 17.3. The highest BCUT2D eigenvalue weighted by atomic mass is 16.5. The lowest BCUT2D eigenvalue weighted by Gasteiger charge is -2.16. The van der Waals surface area contributed by atoms with E-state index in [0.717, 1.165) is 5.56 Å². The number of anilines is 2. The molecule has 0 aliphatic heterocycles. The maximum atomic E-state index is 13.3. The molecule has 0 atom stereocenters. The lowest BCUT2D eigenvalue weighted by Crippen LogP contribution is -2.22. The molecule has 0 bridgehead atoms. The summed E-state index contributed by atoms with van der Waals surface area (Å²) in [6, 6.07) is 34.1. The van der Waals surface area contributed by atoms with E-state index in [1.165, 1.54) is 79.8 Å². The number of carbonyl (C=O) groups is 6. The zero-order valence-corrected chi connectivity index (χ0v) is 30.4. The molecule has 6 aromatic rings. The molecule has 13 nitrogen and oxygen atoms in total. The second-order valence-electron chi connectivity index (χ2n) is 12.4. The number of amides is 3. The van der Waals surface area contributed by atoms with Crippen molar-refractivity contribution >= 4 is 47.0 Å². The Labute approximate surface area is 330 Å². The average Bonchev–Trinajstić information content (AvgIpc) is 3.23. The van der Waals surface area contributed by atoms with E-state index in [0.29, 0.717) is 22.7 Å². The minimum atomic E-state index is -1.44. The molecule has 0 aliphatic carbocycles. The highest BCUT2D eigenvalue weighted by Crippen LogP contribution is 2.34. The summed E-state index contributed by atoms with van der Waals surface area (Å²) in [6.07, 6.45) is 0. The Balaban J connectivity index is 1.13. The largest absolute Gasteiger partial charge is 0.478 e. The lowest BCUT2D eigenvalue weighted by molar-refractivity contribution is 0.0682. The van der Waals surface area contributed by atoms with Crippen molar-refractivity contribution < 1.29 is 48.8 Å². The summed E-state index contributed by atoms with van der Waals surface area (Å²) in [4.78, 5) is 75.6. The Morgan fingerprint density at radius 3 is 1.72 bits per heavy atom. The Hall–Kier alpha value is -8.50. The summed E-state index contributed by atoms with van der Waals surface area (Å²) >= 11 is 0. The normalized spacial score (nSPS) is 10.3. The van der Waals surface area contributed by atoms with E-state index < -0.39 is 41.2 Å². The minimum Gasteiger partial charge on any atom is -0.478 e. The van der Waals surface area contributed by atoms with Crippen molar-refractivity contribution in [3.05, 3.63) is 178 Å². The van der Waals surface area contributed by atoms with E-state index in [9.17, 15) is 44.1 Å². The SMILES string of the molecule is CNC(=O)c1cccc(-c2cccc(NC(=O)c3ccc(Oc4ccc(NC(=O)c5ccc(C#Cc6ccccc6)cc5C(=O)O)cc4)cc3)c2C(=O)O)c1C(=O)O. The Kier molecular flexibility index (Phi) is 11.7. The van der Waals surface area contributed by atoms with Crippen molar-refractivity contribution in [2.75, 3.05) is 17.7 Å². The smallest absolute Gasteiger partial charge is 0.338 e. The van der Waals surface area contributed by atoms with Crippen LogP contribution in [0.5, 0.6) is 11.5 Å². The molecule has 0 aliphatic rings.